The molecule has 6 aromatic rings. The lowest BCUT2D eigenvalue weighted by Gasteiger charge is -2.29. The predicted molar refractivity (Wildman–Crippen MR) is 217 cm³/mol. The molecule has 4 aliphatic rings. The summed E-state index contributed by atoms with van der Waals surface area (Å²) >= 11 is 21.3. The minimum absolute atomic E-state index is 0.0818. The minimum atomic E-state index is -1.54. The molecule has 10 bridgehead atoms. The summed E-state index contributed by atoms with van der Waals surface area (Å²) in [5.74, 6) is -0.266. The highest BCUT2D eigenvalue weighted by Crippen LogP contribution is 2.62. The SMILES string of the molecule is CCC(O)(CC)C(=O)C[C@H]1Cc2ccc3c(c2)[C@]24c5cc(Cl)cc(c5NC2O3)-c2cccc3c2c(c(Cl)n3C)-c2oc(nc2Cl)-c2nc(oc24)[C@H](C(C)C)NC1=O. The van der Waals surface area contributed by atoms with Crippen molar-refractivity contribution < 1.29 is 28.3 Å². The molecule has 0 saturated carbocycles. The third kappa shape index (κ3) is 4.95. The topological polar surface area (TPSA) is 145 Å². The summed E-state index contributed by atoms with van der Waals surface area (Å²) in [5, 5.41) is 19.9. The Kier molecular flexibility index (Phi) is 8.07. The number of nitrogens with zero attached hydrogens (tertiary/aromatic N) is 3. The monoisotopic (exact) mass is 825 g/mol. The van der Waals surface area contributed by atoms with Crippen LogP contribution in [0.5, 0.6) is 5.75 Å². The maximum atomic E-state index is 14.4. The molecule has 1 amide bonds. The van der Waals surface area contributed by atoms with Gasteiger partial charge in [-0.1, -0.05) is 86.8 Å². The zero-order chi connectivity index (χ0) is 39.9. The van der Waals surface area contributed by atoms with Crippen LogP contribution in [-0.2, 0) is 28.5 Å². The number of hydrogen-bond acceptors (Lipinski definition) is 9. The van der Waals surface area contributed by atoms with Crippen molar-refractivity contribution >= 4 is 63.1 Å². The lowest BCUT2D eigenvalue weighted by atomic mass is 9.71. The Morgan fingerprint density at radius 1 is 1.04 bits per heavy atom. The molecule has 3 aromatic heterocycles. The zero-order valence-corrected chi connectivity index (χ0v) is 34.0. The Labute approximate surface area is 342 Å². The molecule has 10 rings (SSSR count). The van der Waals surface area contributed by atoms with Crippen LogP contribution in [0.2, 0.25) is 15.3 Å². The molecule has 1 unspecified atom stereocenters. The number of carbonyl (C=O) groups is 2. The van der Waals surface area contributed by atoms with Crippen molar-refractivity contribution in [3.63, 3.8) is 0 Å². The molecule has 3 N–H and O–H groups in total. The average molecular weight is 827 g/mol. The van der Waals surface area contributed by atoms with Gasteiger partial charge in [-0.05, 0) is 60.6 Å². The van der Waals surface area contributed by atoms with Crippen LogP contribution in [0.1, 0.15) is 81.3 Å². The number of Topliss-reactive ketones (excluding diaryl/α,β-unsaturated/α-hetero) is 1. The lowest BCUT2D eigenvalue weighted by Crippen LogP contribution is -2.43. The molecule has 7 heterocycles. The number of carbonyl (C=O) groups excluding carboxylic acids is 2. The highest BCUT2D eigenvalue weighted by molar-refractivity contribution is 6.38. The molecule has 4 aliphatic heterocycles. The first kappa shape index (κ1) is 36.5. The number of hydrogen-bond donors (Lipinski definition) is 3. The summed E-state index contributed by atoms with van der Waals surface area (Å²) in [6, 6.07) is 14.9. The number of fused-ring (bicyclic) bond motifs is 7. The van der Waals surface area contributed by atoms with Gasteiger partial charge in [0.25, 0.3) is 5.89 Å². The van der Waals surface area contributed by atoms with Gasteiger partial charge in [-0.15, -0.1) is 0 Å². The molecular formula is C43H38Cl3N5O6. The second-order valence-corrected chi connectivity index (χ2v) is 17.1. The maximum absolute atomic E-state index is 14.4. The van der Waals surface area contributed by atoms with Gasteiger partial charge in [-0.3, -0.25) is 9.59 Å². The van der Waals surface area contributed by atoms with E-state index in [1.807, 2.05) is 74.0 Å². The maximum Gasteiger partial charge on any atom is 0.250 e. The van der Waals surface area contributed by atoms with Gasteiger partial charge >= 0.3 is 0 Å². The van der Waals surface area contributed by atoms with Gasteiger partial charge in [-0.2, -0.15) is 4.98 Å². The van der Waals surface area contributed by atoms with Crippen molar-refractivity contribution in [2.75, 3.05) is 5.32 Å². The Hall–Kier alpha value is -4.81. The molecule has 0 aliphatic carbocycles. The number of amides is 1. The molecule has 1 spiro atoms. The van der Waals surface area contributed by atoms with E-state index in [0.717, 1.165) is 44.4 Å². The van der Waals surface area contributed by atoms with Gasteiger partial charge in [0, 0.05) is 52.2 Å². The third-order valence-electron chi connectivity index (χ3n) is 12.6. The number of aryl methyl sites for hydroxylation is 1. The largest absolute Gasteiger partial charge is 0.469 e. The van der Waals surface area contributed by atoms with Crippen molar-refractivity contribution in [2.24, 2.45) is 18.9 Å². The highest BCUT2D eigenvalue weighted by atomic mass is 35.5. The molecule has 0 saturated heterocycles. The van der Waals surface area contributed by atoms with Crippen LogP contribution in [0.25, 0.3) is 44.9 Å². The van der Waals surface area contributed by atoms with Gasteiger partial charge in [0.05, 0.1) is 11.1 Å². The van der Waals surface area contributed by atoms with Gasteiger partial charge < -0.3 is 33.9 Å². The normalized spacial score (nSPS) is 21.4. The molecule has 0 fully saturated rings. The first-order valence-electron chi connectivity index (χ1n) is 19.2. The van der Waals surface area contributed by atoms with Crippen LogP contribution >= 0.6 is 34.8 Å². The quantitative estimate of drug-likeness (QED) is 0.150. The molecule has 57 heavy (non-hydrogen) atoms. The van der Waals surface area contributed by atoms with Crippen molar-refractivity contribution in [1.82, 2.24) is 19.9 Å². The number of aromatic nitrogens is 3. The van der Waals surface area contributed by atoms with Crippen molar-refractivity contribution in [1.29, 1.82) is 0 Å². The number of ether oxygens (including phenoxy) is 1. The van der Waals surface area contributed by atoms with E-state index < -0.39 is 29.2 Å². The van der Waals surface area contributed by atoms with Crippen LogP contribution in [0.3, 0.4) is 0 Å². The first-order valence-corrected chi connectivity index (χ1v) is 20.3. The van der Waals surface area contributed by atoms with Crippen LogP contribution in [0.15, 0.2) is 57.4 Å². The van der Waals surface area contributed by atoms with Crippen LogP contribution in [0.4, 0.5) is 5.69 Å². The van der Waals surface area contributed by atoms with Gasteiger partial charge in [-0.25, -0.2) is 4.98 Å². The Morgan fingerprint density at radius 2 is 1.82 bits per heavy atom. The van der Waals surface area contributed by atoms with Crippen LogP contribution in [0, 0.1) is 11.8 Å². The van der Waals surface area contributed by atoms with Gasteiger partial charge in [0.2, 0.25) is 11.8 Å². The number of benzene rings is 3. The van der Waals surface area contributed by atoms with Crippen molar-refractivity contribution in [3.8, 4) is 39.8 Å². The Balaban J connectivity index is 1.31. The molecule has 292 valence electrons. The number of aliphatic hydroxyl groups is 1. The van der Waals surface area contributed by atoms with E-state index in [4.69, 9.17) is 58.3 Å². The van der Waals surface area contributed by atoms with Crippen molar-refractivity contribution in [2.45, 2.75) is 76.7 Å². The average Bonchev–Trinajstić information content (AvgIpc) is 3.99. The Morgan fingerprint density at radius 3 is 2.58 bits per heavy atom. The number of rotatable bonds is 6. The summed E-state index contributed by atoms with van der Waals surface area (Å²) in [6.45, 7) is 7.45. The summed E-state index contributed by atoms with van der Waals surface area (Å²) in [4.78, 5) is 38.0. The van der Waals surface area contributed by atoms with E-state index in [1.165, 1.54) is 0 Å². The summed E-state index contributed by atoms with van der Waals surface area (Å²) in [6.07, 6.45) is -0.215. The fourth-order valence-corrected chi connectivity index (χ4v) is 10.1. The Bertz CT molecular complexity index is 2730. The fourth-order valence-electron chi connectivity index (χ4n) is 9.39. The first-order chi connectivity index (χ1) is 27.3. The van der Waals surface area contributed by atoms with Gasteiger partial charge in [0.1, 0.15) is 28.0 Å². The van der Waals surface area contributed by atoms with E-state index in [9.17, 15) is 14.7 Å². The van der Waals surface area contributed by atoms with E-state index in [1.54, 1.807) is 13.8 Å². The molecule has 0 radical (unpaired) electrons. The molecule has 11 nitrogen and oxygen atoms in total. The fraction of sp³-hybridized carbons (Fsp3) is 0.349. The standard InChI is InChI=1S/C43H38Cl3N5O6/c1-6-42(54,7-2)28(52)15-20-13-19-11-12-27-24(14-19)43-25-17-21(44)16-23(32(25)49-41(43)55-27)22-9-8-10-26-29(22)30(37(46)51(26)5)34-36(45)50-40(56-34)33-35(43)57-39(48-33)31(18(3)4)47-38(20)53/h8-12,14,16-18,20,31,41,49,54H,6-7,13,15H2,1-5H3,(H,47,53)/t20-,31+,41?,43-/m1/s1. The number of nitrogens with one attached hydrogen (secondary N) is 2. The number of anilines is 1. The zero-order valence-electron chi connectivity index (χ0n) is 31.7. The van der Waals surface area contributed by atoms with E-state index in [0.29, 0.717) is 27.2 Å². The third-order valence-corrected chi connectivity index (χ3v) is 13.5. The molecule has 4 atom stereocenters. The molecule has 14 heteroatoms. The number of ketones is 1. The second kappa shape index (κ2) is 12.6. The molecular weight excluding hydrogens is 789 g/mol. The van der Waals surface area contributed by atoms with E-state index >= 15 is 0 Å². The van der Waals surface area contributed by atoms with E-state index in [-0.39, 0.29) is 71.7 Å². The summed E-state index contributed by atoms with van der Waals surface area (Å²) in [5.41, 5.74) is 3.63. The van der Waals surface area contributed by atoms with Crippen LogP contribution < -0.4 is 15.4 Å². The highest BCUT2D eigenvalue weighted by Gasteiger charge is 2.62. The second-order valence-electron chi connectivity index (χ2n) is 15.9. The number of halogens is 3. The van der Waals surface area contributed by atoms with Gasteiger partial charge in [0.15, 0.2) is 34.4 Å². The lowest BCUT2D eigenvalue weighted by molar-refractivity contribution is -0.141. The minimum Gasteiger partial charge on any atom is -0.469 e. The summed E-state index contributed by atoms with van der Waals surface area (Å²) in [7, 11) is 1.88. The summed E-state index contributed by atoms with van der Waals surface area (Å²) < 4.78 is 22.4. The van der Waals surface area contributed by atoms with Crippen molar-refractivity contribution in [3.05, 3.63) is 92.2 Å². The smallest absolute Gasteiger partial charge is 0.250 e. The van der Waals surface area contributed by atoms with E-state index in [2.05, 4.69) is 10.6 Å². The number of oxazole rings is 2. The van der Waals surface area contributed by atoms with Crippen LogP contribution in [-0.4, -0.2) is 43.2 Å². The predicted octanol–water partition coefficient (Wildman–Crippen LogP) is 9.40. The molecule has 3 aromatic carbocycles.